The Bertz CT molecular complexity index is 923. The Balaban J connectivity index is 1.37. The van der Waals surface area contributed by atoms with Gasteiger partial charge in [0, 0.05) is 23.5 Å². The minimum absolute atomic E-state index is 0.00312. The molecule has 0 aromatic heterocycles. The highest BCUT2D eigenvalue weighted by molar-refractivity contribution is 8.00. The van der Waals surface area contributed by atoms with Gasteiger partial charge in [-0.25, -0.2) is 0 Å². The van der Waals surface area contributed by atoms with Crippen LogP contribution in [0.3, 0.4) is 0 Å². The van der Waals surface area contributed by atoms with Crippen LogP contribution in [-0.2, 0) is 16.1 Å². The van der Waals surface area contributed by atoms with E-state index in [2.05, 4.69) is 45.4 Å². The number of benzene rings is 2. The van der Waals surface area contributed by atoms with Gasteiger partial charge in [0.25, 0.3) is 0 Å². The van der Waals surface area contributed by atoms with Crippen LogP contribution in [0.15, 0.2) is 59.5 Å². The van der Waals surface area contributed by atoms with Crippen molar-refractivity contribution in [1.82, 2.24) is 9.80 Å². The number of carbonyl (C=O) groups is 2. The van der Waals surface area contributed by atoms with Gasteiger partial charge in [0.05, 0.1) is 18.0 Å². The molecule has 6 nitrogen and oxygen atoms in total. The summed E-state index contributed by atoms with van der Waals surface area (Å²) < 4.78 is 0. The lowest BCUT2D eigenvalue weighted by Crippen LogP contribution is -2.48. The van der Waals surface area contributed by atoms with Crippen molar-refractivity contribution < 1.29 is 9.59 Å². The lowest BCUT2D eigenvalue weighted by Gasteiger charge is -2.35. The van der Waals surface area contributed by atoms with Crippen LogP contribution in [0, 0.1) is 0 Å². The SMILES string of the molecule is NC(=O)CSc1ccccc1NC(=O)CN1CCCC1C1CCCN1Cc1ccccc1. The zero-order chi connectivity index (χ0) is 22.3. The molecule has 32 heavy (non-hydrogen) atoms. The minimum atomic E-state index is -0.368. The van der Waals surface area contributed by atoms with Crippen LogP contribution in [0.25, 0.3) is 0 Å². The first-order valence-corrected chi connectivity index (χ1v) is 12.4. The molecule has 2 atom stereocenters. The first kappa shape index (κ1) is 22.8. The molecule has 0 saturated carbocycles. The Labute approximate surface area is 194 Å². The van der Waals surface area contributed by atoms with Crippen molar-refractivity contribution in [3.8, 4) is 0 Å². The number of nitrogens with zero attached hydrogens (tertiary/aromatic N) is 2. The quantitative estimate of drug-likeness (QED) is 0.571. The number of likely N-dealkylation sites (tertiary alicyclic amines) is 2. The molecule has 3 N–H and O–H groups in total. The zero-order valence-corrected chi connectivity index (χ0v) is 19.2. The van der Waals surface area contributed by atoms with Crippen LogP contribution < -0.4 is 11.1 Å². The lowest BCUT2D eigenvalue weighted by molar-refractivity contribution is -0.118. The number of anilines is 1. The Morgan fingerprint density at radius 1 is 0.938 bits per heavy atom. The summed E-state index contributed by atoms with van der Waals surface area (Å²) in [5, 5.41) is 3.06. The van der Waals surface area contributed by atoms with Crippen molar-refractivity contribution >= 4 is 29.3 Å². The highest BCUT2D eigenvalue weighted by atomic mass is 32.2. The summed E-state index contributed by atoms with van der Waals surface area (Å²) >= 11 is 1.35. The van der Waals surface area contributed by atoms with Gasteiger partial charge in [0.1, 0.15) is 0 Å². The third-order valence-electron chi connectivity index (χ3n) is 6.38. The van der Waals surface area contributed by atoms with Crippen molar-refractivity contribution in [3.63, 3.8) is 0 Å². The summed E-state index contributed by atoms with van der Waals surface area (Å²) in [6.45, 7) is 3.47. The molecule has 2 fully saturated rings. The lowest BCUT2D eigenvalue weighted by atomic mass is 10.0. The molecule has 2 unspecified atom stereocenters. The number of primary amides is 1. The fourth-order valence-corrected chi connectivity index (χ4v) is 5.75. The van der Waals surface area contributed by atoms with Crippen LogP contribution in [0.5, 0.6) is 0 Å². The topological polar surface area (TPSA) is 78.7 Å². The molecule has 2 aliphatic rings. The minimum Gasteiger partial charge on any atom is -0.369 e. The van der Waals surface area contributed by atoms with Gasteiger partial charge in [-0.15, -0.1) is 11.8 Å². The molecule has 0 aliphatic carbocycles. The molecule has 7 heteroatoms. The number of nitrogens with one attached hydrogen (secondary N) is 1. The number of thioether (sulfide) groups is 1. The standard InChI is InChI=1S/C25H32N4O2S/c26-24(30)18-32-23-13-5-4-10-20(23)27-25(31)17-29-15-7-12-22(29)21-11-6-14-28(21)16-19-8-2-1-3-9-19/h1-5,8-10,13,21-22H,6-7,11-12,14-18H2,(H2,26,30)(H,27,31). The summed E-state index contributed by atoms with van der Waals surface area (Å²) in [6, 6.07) is 19.2. The van der Waals surface area contributed by atoms with Gasteiger partial charge in [0.2, 0.25) is 11.8 Å². The van der Waals surface area contributed by atoms with E-state index in [0.29, 0.717) is 18.6 Å². The van der Waals surface area contributed by atoms with Crippen LogP contribution in [0.2, 0.25) is 0 Å². The molecule has 0 spiro atoms. The van der Waals surface area contributed by atoms with Gasteiger partial charge >= 0.3 is 0 Å². The van der Waals surface area contributed by atoms with Gasteiger partial charge in [-0.2, -0.15) is 0 Å². The second-order valence-electron chi connectivity index (χ2n) is 8.65. The summed E-state index contributed by atoms with van der Waals surface area (Å²) in [6.07, 6.45) is 4.70. The largest absolute Gasteiger partial charge is 0.369 e. The highest BCUT2D eigenvalue weighted by Gasteiger charge is 2.38. The molecule has 2 aromatic carbocycles. The smallest absolute Gasteiger partial charge is 0.238 e. The average molecular weight is 453 g/mol. The molecular formula is C25H32N4O2S. The van der Waals surface area contributed by atoms with Crippen molar-refractivity contribution in [2.24, 2.45) is 5.73 Å². The van der Waals surface area contributed by atoms with E-state index < -0.39 is 0 Å². The van der Waals surface area contributed by atoms with E-state index in [0.717, 1.165) is 43.1 Å². The second kappa shape index (κ2) is 11.0. The maximum absolute atomic E-state index is 12.9. The van der Waals surface area contributed by atoms with Gasteiger partial charge in [-0.3, -0.25) is 19.4 Å². The number of rotatable bonds is 9. The molecule has 2 saturated heterocycles. The van der Waals surface area contributed by atoms with Crippen LogP contribution in [0.4, 0.5) is 5.69 Å². The molecule has 2 amide bonds. The fraction of sp³-hybridized carbons (Fsp3) is 0.440. The van der Waals surface area contributed by atoms with Crippen LogP contribution in [-0.4, -0.2) is 59.1 Å². The van der Waals surface area contributed by atoms with E-state index >= 15 is 0 Å². The van der Waals surface area contributed by atoms with Gasteiger partial charge in [0.15, 0.2) is 0 Å². The Kier molecular flexibility index (Phi) is 7.84. The third kappa shape index (κ3) is 5.91. The Hall–Kier alpha value is -2.35. The summed E-state index contributed by atoms with van der Waals surface area (Å²) in [5.41, 5.74) is 7.37. The molecule has 170 valence electrons. The fourth-order valence-electron chi connectivity index (χ4n) is 5.00. The van der Waals surface area contributed by atoms with E-state index in [1.54, 1.807) is 0 Å². The molecule has 2 aromatic rings. The van der Waals surface area contributed by atoms with E-state index in [1.165, 1.54) is 30.2 Å². The molecule has 2 aliphatic heterocycles. The number of carbonyl (C=O) groups excluding carboxylic acids is 2. The van der Waals surface area contributed by atoms with Crippen LogP contribution >= 0.6 is 11.8 Å². The monoisotopic (exact) mass is 452 g/mol. The second-order valence-corrected chi connectivity index (χ2v) is 9.66. The van der Waals surface area contributed by atoms with Gasteiger partial charge < -0.3 is 11.1 Å². The molecule has 2 heterocycles. The van der Waals surface area contributed by atoms with Crippen LogP contribution in [0.1, 0.15) is 31.2 Å². The van der Waals surface area contributed by atoms with Crippen molar-refractivity contribution in [1.29, 1.82) is 0 Å². The number of amides is 2. The summed E-state index contributed by atoms with van der Waals surface area (Å²) in [7, 11) is 0. The van der Waals surface area contributed by atoms with E-state index in [9.17, 15) is 9.59 Å². The van der Waals surface area contributed by atoms with Crippen molar-refractivity contribution in [3.05, 3.63) is 60.2 Å². The third-order valence-corrected chi connectivity index (χ3v) is 7.47. The first-order valence-electron chi connectivity index (χ1n) is 11.4. The van der Waals surface area contributed by atoms with Crippen molar-refractivity contribution in [2.75, 3.05) is 30.7 Å². The van der Waals surface area contributed by atoms with E-state index in [-0.39, 0.29) is 17.6 Å². The molecule has 4 rings (SSSR count). The van der Waals surface area contributed by atoms with Gasteiger partial charge in [-0.1, -0.05) is 42.5 Å². The number of hydrogen-bond donors (Lipinski definition) is 2. The Morgan fingerprint density at radius 2 is 1.59 bits per heavy atom. The molecule has 0 radical (unpaired) electrons. The normalized spacial score (nSPS) is 21.6. The number of para-hydroxylation sites is 1. The number of nitrogens with two attached hydrogens (primary N) is 1. The maximum atomic E-state index is 12.9. The van der Waals surface area contributed by atoms with E-state index in [4.69, 9.17) is 5.73 Å². The predicted octanol–water partition coefficient (Wildman–Crippen LogP) is 3.33. The van der Waals surface area contributed by atoms with E-state index in [1.807, 2.05) is 24.3 Å². The molecule has 0 bridgehead atoms. The Morgan fingerprint density at radius 3 is 2.34 bits per heavy atom. The first-order chi connectivity index (χ1) is 15.6. The average Bonchev–Trinajstić information content (AvgIpc) is 3.42. The molecular weight excluding hydrogens is 420 g/mol. The summed E-state index contributed by atoms with van der Waals surface area (Å²) in [4.78, 5) is 29.9. The maximum Gasteiger partial charge on any atom is 0.238 e. The summed E-state index contributed by atoms with van der Waals surface area (Å²) in [5.74, 6) is -0.177. The zero-order valence-electron chi connectivity index (χ0n) is 18.4. The number of hydrogen-bond acceptors (Lipinski definition) is 5. The highest BCUT2D eigenvalue weighted by Crippen LogP contribution is 2.31. The van der Waals surface area contributed by atoms with Crippen molar-refractivity contribution in [2.45, 2.75) is 49.2 Å². The van der Waals surface area contributed by atoms with Gasteiger partial charge in [-0.05, 0) is 56.5 Å². The predicted molar refractivity (Wildman–Crippen MR) is 129 cm³/mol.